The molecule has 1 N–H and O–H groups in total. The van der Waals surface area contributed by atoms with Crippen LogP contribution in [0.3, 0.4) is 0 Å². The first-order chi connectivity index (χ1) is 19.7. The quantitative estimate of drug-likeness (QED) is 0.325. The lowest BCUT2D eigenvalue weighted by Gasteiger charge is -2.34. The van der Waals surface area contributed by atoms with E-state index in [9.17, 15) is 18.0 Å². The van der Waals surface area contributed by atoms with Crippen molar-refractivity contribution in [2.24, 2.45) is 0 Å². The first-order valence-electron chi connectivity index (χ1n) is 14.1. The van der Waals surface area contributed by atoms with Gasteiger partial charge in [-0.15, -0.1) is 0 Å². The summed E-state index contributed by atoms with van der Waals surface area (Å²) in [5, 5.41) is 3.13. The van der Waals surface area contributed by atoms with Gasteiger partial charge < -0.3 is 15.0 Å². The second kappa shape index (κ2) is 13.7. The number of nitrogens with one attached hydrogen (secondary N) is 1. The highest BCUT2D eigenvalue weighted by Crippen LogP contribution is 2.26. The van der Waals surface area contributed by atoms with E-state index in [-0.39, 0.29) is 23.4 Å². The summed E-state index contributed by atoms with van der Waals surface area (Å²) in [4.78, 5) is 29.3. The van der Waals surface area contributed by atoms with Crippen molar-refractivity contribution in [3.05, 3.63) is 90.0 Å². The molecule has 0 unspecified atom stereocenters. The molecule has 8 nitrogen and oxygen atoms in total. The standard InChI is InChI=1S/C32H39N3O5S/c1-4-30(32(37)33-26-12-8-9-13-26)34(22-25-11-10-14-28(21-25)40-3)31(36)23-35(27-19-17-24(2)18-20-27)41(38,39)29-15-6-5-7-16-29/h5-7,10-11,14-21,26,30H,4,8-9,12-13,22-23H2,1-3H3,(H,33,37)/t30-/m1/s1. The molecule has 0 aromatic heterocycles. The van der Waals surface area contributed by atoms with Crippen LogP contribution in [0.5, 0.6) is 5.75 Å². The zero-order valence-electron chi connectivity index (χ0n) is 24.0. The summed E-state index contributed by atoms with van der Waals surface area (Å²) in [6, 6.07) is 21.7. The molecule has 1 aliphatic carbocycles. The minimum Gasteiger partial charge on any atom is -0.497 e. The van der Waals surface area contributed by atoms with Crippen LogP contribution >= 0.6 is 0 Å². The summed E-state index contributed by atoms with van der Waals surface area (Å²) < 4.78 is 34.3. The van der Waals surface area contributed by atoms with Crippen molar-refractivity contribution in [2.75, 3.05) is 18.0 Å². The Morgan fingerprint density at radius 3 is 2.29 bits per heavy atom. The lowest BCUT2D eigenvalue weighted by Crippen LogP contribution is -2.53. The van der Waals surface area contributed by atoms with Crippen LogP contribution in [0.4, 0.5) is 5.69 Å². The predicted octanol–water partition coefficient (Wildman–Crippen LogP) is 5.07. The van der Waals surface area contributed by atoms with Crippen molar-refractivity contribution in [3.8, 4) is 5.75 Å². The van der Waals surface area contributed by atoms with Gasteiger partial charge in [0.15, 0.2) is 0 Å². The topological polar surface area (TPSA) is 96.0 Å². The highest BCUT2D eigenvalue weighted by molar-refractivity contribution is 7.92. The van der Waals surface area contributed by atoms with Gasteiger partial charge in [-0.3, -0.25) is 13.9 Å². The van der Waals surface area contributed by atoms with Crippen molar-refractivity contribution < 1.29 is 22.7 Å². The van der Waals surface area contributed by atoms with Crippen LogP contribution in [0.1, 0.15) is 50.2 Å². The molecule has 0 aliphatic heterocycles. The van der Waals surface area contributed by atoms with Crippen molar-refractivity contribution in [1.82, 2.24) is 10.2 Å². The normalized spacial score (nSPS) is 14.3. The summed E-state index contributed by atoms with van der Waals surface area (Å²) >= 11 is 0. The molecule has 1 fully saturated rings. The molecule has 1 saturated carbocycles. The largest absolute Gasteiger partial charge is 0.497 e. The number of aryl methyl sites for hydroxylation is 1. The Labute approximate surface area is 243 Å². The van der Waals surface area contributed by atoms with Crippen LogP contribution < -0.4 is 14.4 Å². The number of benzene rings is 3. The van der Waals surface area contributed by atoms with E-state index in [1.54, 1.807) is 37.4 Å². The Bertz CT molecular complexity index is 1420. The van der Waals surface area contributed by atoms with Gasteiger partial charge in [0, 0.05) is 12.6 Å². The highest BCUT2D eigenvalue weighted by Gasteiger charge is 2.34. The predicted molar refractivity (Wildman–Crippen MR) is 160 cm³/mol. The Hall–Kier alpha value is -3.85. The third-order valence-corrected chi connectivity index (χ3v) is 9.29. The smallest absolute Gasteiger partial charge is 0.264 e. The first kappa shape index (κ1) is 30.1. The lowest BCUT2D eigenvalue weighted by atomic mass is 10.1. The van der Waals surface area contributed by atoms with E-state index in [1.165, 1.54) is 17.0 Å². The number of methoxy groups -OCH3 is 1. The van der Waals surface area contributed by atoms with Crippen LogP contribution in [-0.2, 0) is 26.2 Å². The number of amides is 2. The van der Waals surface area contributed by atoms with Crippen LogP contribution in [-0.4, -0.2) is 50.9 Å². The average Bonchev–Trinajstić information content (AvgIpc) is 3.49. The molecule has 41 heavy (non-hydrogen) atoms. The van der Waals surface area contributed by atoms with Gasteiger partial charge in [0.1, 0.15) is 18.3 Å². The van der Waals surface area contributed by atoms with E-state index in [0.29, 0.717) is 17.9 Å². The molecule has 3 aromatic rings. The third-order valence-electron chi connectivity index (χ3n) is 7.51. The van der Waals surface area contributed by atoms with E-state index in [0.717, 1.165) is 41.1 Å². The van der Waals surface area contributed by atoms with Gasteiger partial charge in [-0.2, -0.15) is 0 Å². The number of carbonyl (C=O) groups excluding carboxylic acids is 2. The molecule has 0 bridgehead atoms. The molecular weight excluding hydrogens is 538 g/mol. The third kappa shape index (κ3) is 7.47. The first-order valence-corrected chi connectivity index (χ1v) is 15.5. The number of ether oxygens (including phenoxy) is 1. The Balaban J connectivity index is 1.71. The molecule has 1 atom stereocenters. The van der Waals surface area contributed by atoms with Crippen molar-refractivity contribution in [3.63, 3.8) is 0 Å². The Morgan fingerprint density at radius 1 is 0.976 bits per heavy atom. The number of hydrogen-bond donors (Lipinski definition) is 1. The number of anilines is 1. The van der Waals surface area contributed by atoms with Gasteiger partial charge in [0.05, 0.1) is 17.7 Å². The van der Waals surface area contributed by atoms with Gasteiger partial charge in [0.25, 0.3) is 10.0 Å². The van der Waals surface area contributed by atoms with E-state index in [2.05, 4.69) is 5.32 Å². The van der Waals surface area contributed by atoms with Gasteiger partial charge in [-0.1, -0.05) is 67.8 Å². The molecular formula is C32H39N3O5S. The number of nitrogens with zero attached hydrogens (tertiary/aromatic N) is 2. The zero-order valence-corrected chi connectivity index (χ0v) is 24.8. The molecule has 0 heterocycles. The minimum atomic E-state index is -4.09. The van der Waals surface area contributed by atoms with Crippen molar-refractivity contribution in [2.45, 2.75) is 69.5 Å². The summed E-state index contributed by atoms with van der Waals surface area (Å²) in [6.45, 7) is 3.44. The summed E-state index contributed by atoms with van der Waals surface area (Å²) in [5.74, 6) is -0.0592. The van der Waals surface area contributed by atoms with E-state index in [1.807, 2.05) is 50.2 Å². The fourth-order valence-electron chi connectivity index (χ4n) is 5.21. The molecule has 3 aromatic carbocycles. The van der Waals surface area contributed by atoms with Crippen molar-refractivity contribution in [1.29, 1.82) is 0 Å². The molecule has 0 radical (unpaired) electrons. The van der Waals surface area contributed by atoms with Gasteiger partial charge in [-0.05, 0) is 68.1 Å². The van der Waals surface area contributed by atoms with E-state index < -0.39 is 28.5 Å². The van der Waals surface area contributed by atoms with Gasteiger partial charge in [-0.25, -0.2) is 8.42 Å². The maximum absolute atomic E-state index is 14.2. The fraction of sp³-hybridized carbons (Fsp3) is 0.375. The van der Waals surface area contributed by atoms with Crippen LogP contribution in [0.2, 0.25) is 0 Å². The lowest BCUT2D eigenvalue weighted by molar-refractivity contribution is -0.140. The monoisotopic (exact) mass is 577 g/mol. The molecule has 218 valence electrons. The number of rotatable bonds is 12. The minimum absolute atomic E-state index is 0.0822. The zero-order chi connectivity index (χ0) is 29.4. The molecule has 0 saturated heterocycles. The SMILES string of the molecule is CC[C@H](C(=O)NC1CCCC1)N(Cc1cccc(OC)c1)C(=O)CN(c1ccc(C)cc1)S(=O)(=O)c1ccccc1. The summed E-state index contributed by atoms with van der Waals surface area (Å²) in [6.07, 6.45) is 4.35. The summed E-state index contributed by atoms with van der Waals surface area (Å²) in [7, 11) is -2.52. The van der Waals surface area contributed by atoms with Crippen molar-refractivity contribution >= 4 is 27.5 Å². The van der Waals surface area contributed by atoms with E-state index in [4.69, 9.17) is 4.74 Å². The Kier molecular flexibility index (Phi) is 10.0. The van der Waals surface area contributed by atoms with Gasteiger partial charge in [0.2, 0.25) is 11.8 Å². The van der Waals surface area contributed by atoms with E-state index >= 15 is 0 Å². The highest BCUT2D eigenvalue weighted by atomic mass is 32.2. The number of carbonyl (C=O) groups is 2. The molecule has 1 aliphatic rings. The fourth-order valence-corrected chi connectivity index (χ4v) is 6.65. The van der Waals surface area contributed by atoms with Gasteiger partial charge >= 0.3 is 0 Å². The molecule has 4 rings (SSSR count). The number of hydrogen-bond acceptors (Lipinski definition) is 5. The second-order valence-corrected chi connectivity index (χ2v) is 12.3. The number of sulfonamides is 1. The molecule has 2 amide bonds. The van der Waals surface area contributed by atoms with Crippen LogP contribution in [0, 0.1) is 6.92 Å². The van der Waals surface area contributed by atoms with Crippen LogP contribution in [0.15, 0.2) is 83.8 Å². The maximum Gasteiger partial charge on any atom is 0.264 e. The second-order valence-electron chi connectivity index (χ2n) is 10.4. The van der Waals surface area contributed by atoms with Crippen LogP contribution in [0.25, 0.3) is 0 Å². The maximum atomic E-state index is 14.2. The molecule has 0 spiro atoms. The average molecular weight is 578 g/mol. The summed E-state index contributed by atoms with van der Waals surface area (Å²) in [5.41, 5.74) is 2.11. The molecule has 9 heteroatoms. The Morgan fingerprint density at radius 2 is 1.66 bits per heavy atom.